The van der Waals surface area contributed by atoms with Gasteiger partial charge in [-0.05, 0) is 39.2 Å². The molecule has 3 aromatic heterocycles. The van der Waals surface area contributed by atoms with Gasteiger partial charge in [-0.15, -0.1) is 0 Å². The van der Waals surface area contributed by atoms with E-state index in [1.54, 1.807) is 10.8 Å². The summed E-state index contributed by atoms with van der Waals surface area (Å²) in [5, 5.41) is 1.68. The van der Waals surface area contributed by atoms with Crippen molar-refractivity contribution in [1.82, 2.24) is 18.9 Å². The van der Waals surface area contributed by atoms with Gasteiger partial charge in [-0.25, -0.2) is 19.3 Å². The zero-order valence-corrected chi connectivity index (χ0v) is 16.9. The van der Waals surface area contributed by atoms with Crippen molar-refractivity contribution in [1.29, 1.82) is 0 Å². The Morgan fingerprint density at radius 1 is 1.25 bits per heavy atom. The number of nitrogen functional groups attached to an aromatic ring is 1. The van der Waals surface area contributed by atoms with E-state index >= 15 is 0 Å². The molecular weight excluding hydrogens is 374 g/mol. The van der Waals surface area contributed by atoms with Gasteiger partial charge in [-0.3, -0.25) is 4.40 Å². The maximum absolute atomic E-state index is 13.1. The van der Waals surface area contributed by atoms with Gasteiger partial charge < -0.3 is 10.5 Å². The number of benzene rings is 1. The largest absolute Gasteiger partial charge is 0.443 e. The Labute approximate surface area is 166 Å². The van der Waals surface area contributed by atoms with Crippen LogP contribution in [0.3, 0.4) is 0 Å². The van der Waals surface area contributed by atoms with E-state index in [1.165, 1.54) is 11.8 Å². The first-order valence-corrected chi connectivity index (χ1v) is 10.0. The predicted octanol–water partition coefficient (Wildman–Crippen LogP) is 4.44. The molecule has 0 saturated heterocycles. The van der Waals surface area contributed by atoms with Crippen LogP contribution in [0.5, 0.6) is 0 Å². The first-order valence-electron chi connectivity index (χ1n) is 8.81. The van der Waals surface area contributed by atoms with Crippen molar-refractivity contribution in [2.24, 2.45) is 0 Å². The maximum Gasteiger partial charge on any atom is 0.419 e. The molecule has 0 aliphatic heterocycles. The number of imidazole rings is 1. The minimum absolute atomic E-state index is 0.353. The number of anilines is 1. The lowest BCUT2D eigenvalue weighted by atomic mass is 10.2. The normalized spacial score (nSPS) is 12.0. The fourth-order valence-electron chi connectivity index (χ4n) is 3.19. The van der Waals surface area contributed by atoms with Gasteiger partial charge in [0.25, 0.3) is 0 Å². The van der Waals surface area contributed by atoms with E-state index in [-0.39, 0.29) is 0 Å². The second kappa shape index (κ2) is 6.56. The Kier molecular flexibility index (Phi) is 4.30. The summed E-state index contributed by atoms with van der Waals surface area (Å²) in [6.45, 7) is 5.53. The zero-order chi connectivity index (χ0) is 20.1. The number of hydrogen-bond acceptors (Lipinski definition) is 6. The molecule has 144 valence electrons. The van der Waals surface area contributed by atoms with E-state index in [1.807, 2.05) is 68.0 Å². The van der Waals surface area contributed by atoms with Gasteiger partial charge in [0, 0.05) is 17.8 Å². The number of rotatable bonds is 2. The van der Waals surface area contributed by atoms with Crippen LogP contribution in [0.1, 0.15) is 20.8 Å². The average Bonchev–Trinajstić information content (AvgIpc) is 3.19. The molecule has 8 heteroatoms. The molecule has 2 N–H and O–H groups in total. The summed E-state index contributed by atoms with van der Waals surface area (Å²) in [5.41, 5.74) is 8.18. The van der Waals surface area contributed by atoms with E-state index in [2.05, 4.69) is 4.98 Å². The highest BCUT2D eigenvalue weighted by atomic mass is 32.2. The first kappa shape index (κ1) is 18.4. The summed E-state index contributed by atoms with van der Waals surface area (Å²) < 4.78 is 9.11. The smallest absolute Gasteiger partial charge is 0.419 e. The van der Waals surface area contributed by atoms with E-state index in [9.17, 15) is 4.79 Å². The van der Waals surface area contributed by atoms with Gasteiger partial charge in [0.15, 0.2) is 5.16 Å². The highest BCUT2D eigenvalue weighted by Crippen LogP contribution is 2.35. The number of thioether (sulfide) groups is 1. The van der Waals surface area contributed by atoms with Gasteiger partial charge >= 0.3 is 6.09 Å². The van der Waals surface area contributed by atoms with Crippen LogP contribution in [0.4, 0.5) is 10.6 Å². The van der Waals surface area contributed by atoms with Crippen molar-refractivity contribution >= 4 is 40.1 Å². The SMILES string of the molecule is CSc1nc(-c2cc3ccccc3n2C(=O)OC(C)(C)C)c2c(N)nccn12. The number of aromatic nitrogens is 4. The number of carbonyl (C=O) groups excluding carboxylic acids is 1. The van der Waals surface area contributed by atoms with Gasteiger partial charge in [-0.2, -0.15) is 0 Å². The Hall–Kier alpha value is -3.00. The van der Waals surface area contributed by atoms with Gasteiger partial charge in [0.05, 0.1) is 11.2 Å². The topological polar surface area (TPSA) is 87.4 Å². The number of nitrogens with zero attached hydrogens (tertiary/aromatic N) is 4. The summed E-state index contributed by atoms with van der Waals surface area (Å²) in [5.74, 6) is 0.353. The van der Waals surface area contributed by atoms with Crippen LogP contribution < -0.4 is 5.73 Å². The number of para-hydroxylation sites is 1. The predicted molar refractivity (Wildman–Crippen MR) is 112 cm³/mol. The molecule has 0 amide bonds. The molecule has 0 saturated carbocycles. The molecule has 3 heterocycles. The molecule has 0 fully saturated rings. The highest BCUT2D eigenvalue weighted by Gasteiger charge is 2.26. The number of ether oxygens (including phenoxy) is 1. The number of carbonyl (C=O) groups is 1. The molecular formula is C20H21N5O2S. The van der Waals surface area contributed by atoms with Crippen LogP contribution in [0.15, 0.2) is 47.9 Å². The summed E-state index contributed by atoms with van der Waals surface area (Å²) in [7, 11) is 0. The number of hydrogen-bond donors (Lipinski definition) is 1. The third kappa shape index (κ3) is 2.99. The van der Waals surface area contributed by atoms with Crippen LogP contribution in [0.2, 0.25) is 0 Å². The lowest BCUT2D eigenvalue weighted by molar-refractivity contribution is 0.0547. The second-order valence-corrected chi connectivity index (χ2v) is 8.16. The summed E-state index contributed by atoms with van der Waals surface area (Å²) >= 11 is 1.50. The van der Waals surface area contributed by atoms with Crippen LogP contribution >= 0.6 is 11.8 Å². The van der Waals surface area contributed by atoms with E-state index < -0.39 is 11.7 Å². The lowest BCUT2D eigenvalue weighted by Crippen LogP contribution is -2.27. The lowest BCUT2D eigenvalue weighted by Gasteiger charge is -2.20. The molecule has 0 bridgehead atoms. The van der Waals surface area contributed by atoms with Crippen molar-refractivity contribution in [3.8, 4) is 11.4 Å². The van der Waals surface area contributed by atoms with Crippen LogP contribution in [-0.4, -0.2) is 36.9 Å². The van der Waals surface area contributed by atoms with Crippen LogP contribution in [0.25, 0.3) is 27.8 Å². The van der Waals surface area contributed by atoms with Gasteiger partial charge in [0.1, 0.15) is 22.6 Å². The fourth-order valence-corrected chi connectivity index (χ4v) is 3.72. The number of nitrogens with two attached hydrogens (primary N) is 1. The molecule has 0 unspecified atom stereocenters. The number of fused-ring (bicyclic) bond motifs is 2. The molecule has 4 rings (SSSR count). The second-order valence-electron chi connectivity index (χ2n) is 7.38. The molecule has 28 heavy (non-hydrogen) atoms. The highest BCUT2D eigenvalue weighted by molar-refractivity contribution is 7.98. The Morgan fingerprint density at radius 2 is 2.00 bits per heavy atom. The van der Waals surface area contributed by atoms with Crippen molar-refractivity contribution in [3.05, 3.63) is 42.7 Å². The van der Waals surface area contributed by atoms with E-state index in [4.69, 9.17) is 15.5 Å². The quantitative estimate of drug-likeness (QED) is 0.505. The van der Waals surface area contributed by atoms with Crippen LogP contribution in [0, 0.1) is 0 Å². The molecule has 0 aliphatic rings. The van der Waals surface area contributed by atoms with Crippen molar-refractivity contribution in [2.45, 2.75) is 31.5 Å². The summed E-state index contributed by atoms with van der Waals surface area (Å²) in [4.78, 5) is 22.0. The minimum atomic E-state index is -0.624. The van der Waals surface area contributed by atoms with E-state index in [0.717, 1.165) is 16.1 Å². The first-order chi connectivity index (χ1) is 13.3. The maximum atomic E-state index is 13.1. The monoisotopic (exact) mass is 395 g/mol. The third-order valence-electron chi connectivity index (χ3n) is 4.26. The summed E-state index contributed by atoms with van der Waals surface area (Å²) in [6.07, 6.45) is 4.93. The minimum Gasteiger partial charge on any atom is -0.443 e. The third-order valence-corrected chi connectivity index (χ3v) is 4.92. The Morgan fingerprint density at radius 3 is 2.71 bits per heavy atom. The van der Waals surface area contributed by atoms with Crippen LogP contribution in [-0.2, 0) is 4.74 Å². The standard InChI is InChI=1S/C20H21N5O2S/c1-20(2,3)27-19(26)25-13-8-6-5-7-12(13)11-14(25)15-16-17(21)22-9-10-24(16)18(23-15)28-4/h5-11H,1-4H3,(H2,21,22). The molecule has 0 atom stereocenters. The molecule has 0 spiro atoms. The molecule has 1 aromatic carbocycles. The Bertz CT molecular complexity index is 1200. The van der Waals surface area contributed by atoms with E-state index in [0.29, 0.717) is 22.7 Å². The van der Waals surface area contributed by atoms with Crippen molar-refractivity contribution < 1.29 is 9.53 Å². The van der Waals surface area contributed by atoms with Gasteiger partial charge in [-0.1, -0.05) is 30.0 Å². The fraction of sp³-hybridized carbons (Fsp3) is 0.250. The Balaban J connectivity index is 2.04. The molecule has 4 aromatic rings. The molecule has 7 nitrogen and oxygen atoms in total. The summed E-state index contributed by atoms with van der Waals surface area (Å²) in [6, 6.07) is 9.59. The average molecular weight is 395 g/mol. The van der Waals surface area contributed by atoms with Crippen molar-refractivity contribution in [2.75, 3.05) is 12.0 Å². The molecule has 0 aliphatic carbocycles. The van der Waals surface area contributed by atoms with Crippen molar-refractivity contribution in [3.63, 3.8) is 0 Å². The zero-order valence-electron chi connectivity index (χ0n) is 16.1. The molecule has 0 radical (unpaired) electrons. The van der Waals surface area contributed by atoms with Gasteiger partial charge in [0.2, 0.25) is 0 Å².